The lowest BCUT2D eigenvalue weighted by Gasteiger charge is -2.05. The van der Waals surface area contributed by atoms with Crippen LogP contribution >= 0.6 is 15.9 Å². The number of nitriles is 1. The van der Waals surface area contributed by atoms with Crippen LogP contribution in [0.3, 0.4) is 0 Å². The highest BCUT2D eigenvalue weighted by atomic mass is 79.9. The van der Waals surface area contributed by atoms with Gasteiger partial charge in [0.2, 0.25) is 0 Å². The zero-order valence-electron chi connectivity index (χ0n) is 8.27. The van der Waals surface area contributed by atoms with Gasteiger partial charge in [0.05, 0.1) is 12.1 Å². The van der Waals surface area contributed by atoms with Crippen molar-refractivity contribution >= 4 is 21.6 Å². The zero-order valence-corrected chi connectivity index (χ0v) is 9.86. The van der Waals surface area contributed by atoms with Crippen molar-refractivity contribution in [1.29, 1.82) is 5.26 Å². The average Bonchev–Trinajstić information content (AvgIpc) is 2.79. The van der Waals surface area contributed by atoms with Gasteiger partial charge in [-0.2, -0.15) is 5.26 Å². The van der Waals surface area contributed by atoms with Crippen molar-refractivity contribution in [3.05, 3.63) is 46.3 Å². The molecule has 0 saturated heterocycles. The van der Waals surface area contributed by atoms with Gasteiger partial charge in [-0.25, -0.2) is 0 Å². The third-order valence-corrected chi connectivity index (χ3v) is 2.71. The van der Waals surface area contributed by atoms with Gasteiger partial charge in [-0.3, -0.25) is 0 Å². The van der Waals surface area contributed by atoms with E-state index in [0.717, 1.165) is 15.9 Å². The quantitative estimate of drug-likeness (QED) is 0.937. The Kier molecular flexibility index (Phi) is 3.22. The lowest BCUT2D eigenvalue weighted by Crippen LogP contribution is -1.99. The molecule has 4 nitrogen and oxygen atoms in total. The van der Waals surface area contributed by atoms with Gasteiger partial charge in [-0.15, -0.1) is 0 Å². The van der Waals surface area contributed by atoms with E-state index in [1.807, 2.05) is 12.1 Å². The number of nitrogens with one attached hydrogen (secondary N) is 1. The summed E-state index contributed by atoms with van der Waals surface area (Å²) in [6.07, 6.45) is 1.53. The SMILES string of the molecule is N#Cc1ccc(NCc2ccon2)cc1Br. The van der Waals surface area contributed by atoms with E-state index in [2.05, 4.69) is 32.5 Å². The summed E-state index contributed by atoms with van der Waals surface area (Å²) in [4.78, 5) is 0. The Balaban J connectivity index is 2.06. The van der Waals surface area contributed by atoms with Crippen LogP contribution in [-0.4, -0.2) is 5.16 Å². The maximum atomic E-state index is 8.77. The van der Waals surface area contributed by atoms with E-state index in [1.165, 1.54) is 6.26 Å². The van der Waals surface area contributed by atoms with Gasteiger partial charge in [0.15, 0.2) is 0 Å². The molecule has 2 aromatic rings. The minimum absolute atomic E-state index is 0.592. The smallest absolute Gasteiger partial charge is 0.124 e. The maximum absolute atomic E-state index is 8.77. The van der Waals surface area contributed by atoms with Crippen LogP contribution < -0.4 is 5.32 Å². The van der Waals surface area contributed by atoms with Gasteiger partial charge in [0.1, 0.15) is 18.0 Å². The summed E-state index contributed by atoms with van der Waals surface area (Å²) in [5, 5.41) is 15.7. The van der Waals surface area contributed by atoms with E-state index >= 15 is 0 Å². The molecular formula is C11H8BrN3O. The topological polar surface area (TPSA) is 61.9 Å². The molecule has 1 N–H and O–H groups in total. The molecule has 1 heterocycles. The van der Waals surface area contributed by atoms with Crippen molar-refractivity contribution in [2.24, 2.45) is 0 Å². The maximum Gasteiger partial charge on any atom is 0.124 e. The Labute approximate surface area is 101 Å². The van der Waals surface area contributed by atoms with Gasteiger partial charge in [-0.1, -0.05) is 5.16 Å². The summed E-state index contributed by atoms with van der Waals surface area (Å²) in [6.45, 7) is 0.592. The molecule has 0 amide bonds. The van der Waals surface area contributed by atoms with Gasteiger partial charge < -0.3 is 9.84 Å². The van der Waals surface area contributed by atoms with Crippen molar-refractivity contribution in [3.63, 3.8) is 0 Å². The number of anilines is 1. The van der Waals surface area contributed by atoms with E-state index < -0.39 is 0 Å². The normalized spacial score (nSPS) is 9.75. The Bertz CT molecular complexity index is 517. The number of benzene rings is 1. The van der Waals surface area contributed by atoms with Gasteiger partial charge >= 0.3 is 0 Å². The van der Waals surface area contributed by atoms with Crippen LogP contribution in [0.5, 0.6) is 0 Å². The number of aromatic nitrogens is 1. The van der Waals surface area contributed by atoms with Gasteiger partial charge in [0.25, 0.3) is 0 Å². The highest BCUT2D eigenvalue weighted by molar-refractivity contribution is 9.10. The highest BCUT2D eigenvalue weighted by Crippen LogP contribution is 2.21. The van der Waals surface area contributed by atoms with Crippen LogP contribution in [0.1, 0.15) is 11.3 Å². The van der Waals surface area contributed by atoms with Crippen molar-refractivity contribution < 1.29 is 4.52 Å². The third kappa shape index (κ3) is 2.41. The van der Waals surface area contributed by atoms with Crippen LogP contribution in [0.2, 0.25) is 0 Å². The molecule has 1 aromatic carbocycles. The summed E-state index contributed by atoms with van der Waals surface area (Å²) < 4.78 is 5.50. The first-order valence-electron chi connectivity index (χ1n) is 4.62. The van der Waals surface area contributed by atoms with Crippen LogP contribution in [0.25, 0.3) is 0 Å². The fourth-order valence-electron chi connectivity index (χ4n) is 1.24. The number of halogens is 1. The average molecular weight is 278 g/mol. The van der Waals surface area contributed by atoms with Crippen LogP contribution in [0, 0.1) is 11.3 Å². The molecule has 0 atom stereocenters. The lowest BCUT2D eigenvalue weighted by molar-refractivity contribution is 0.412. The molecule has 5 heteroatoms. The highest BCUT2D eigenvalue weighted by Gasteiger charge is 2.01. The first-order chi connectivity index (χ1) is 7.79. The summed E-state index contributed by atoms with van der Waals surface area (Å²) in [5.41, 5.74) is 2.38. The van der Waals surface area contributed by atoms with Crippen molar-refractivity contribution in [1.82, 2.24) is 5.16 Å². The molecule has 0 fully saturated rings. The van der Waals surface area contributed by atoms with Gasteiger partial charge in [0, 0.05) is 16.2 Å². The van der Waals surface area contributed by atoms with E-state index in [0.29, 0.717) is 12.1 Å². The first kappa shape index (κ1) is 10.7. The van der Waals surface area contributed by atoms with E-state index in [1.54, 1.807) is 12.1 Å². The summed E-state index contributed by atoms with van der Waals surface area (Å²) in [6, 6.07) is 9.36. The van der Waals surface area contributed by atoms with E-state index in [-0.39, 0.29) is 0 Å². The van der Waals surface area contributed by atoms with Gasteiger partial charge in [-0.05, 0) is 34.1 Å². The minimum atomic E-state index is 0.592. The number of nitrogens with zero attached hydrogens (tertiary/aromatic N) is 2. The molecule has 2 rings (SSSR count). The van der Waals surface area contributed by atoms with Crippen LogP contribution in [0.15, 0.2) is 39.5 Å². The fraction of sp³-hybridized carbons (Fsp3) is 0.0909. The molecule has 1 aromatic heterocycles. The van der Waals surface area contributed by atoms with E-state index in [9.17, 15) is 0 Å². The Morgan fingerprint density at radius 1 is 1.44 bits per heavy atom. The molecule has 16 heavy (non-hydrogen) atoms. The van der Waals surface area contributed by atoms with Crippen LogP contribution in [0.4, 0.5) is 5.69 Å². The molecule has 0 radical (unpaired) electrons. The molecule has 0 aliphatic carbocycles. The molecule has 0 aliphatic rings. The second-order valence-electron chi connectivity index (χ2n) is 3.15. The lowest BCUT2D eigenvalue weighted by atomic mass is 10.2. The third-order valence-electron chi connectivity index (χ3n) is 2.05. The molecule has 0 unspecified atom stereocenters. The molecule has 80 valence electrons. The second-order valence-corrected chi connectivity index (χ2v) is 4.01. The monoisotopic (exact) mass is 277 g/mol. The summed E-state index contributed by atoms with van der Waals surface area (Å²) in [5.74, 6) is 0. The van der Waals surface area contributed by atoms with Crippen molar-refractivity contribution in [2.45, 2.75) is 6.54 Å². The molecule has 0 saturated carbocycles. The number of rotatable bonds is 3. The molecular weight excluding hydrogens is 270 g/mol. The molecule has 0 aliphatic heterocycles. The summed E-state index contributed by atoms with van der Waals surface area (Å²) >= 11 is 3.33. The Morgan fingerprint density at radius 2 is 2.31 bits per heavy atom. The zero-order chi connectivity index (χ0) is 11.4. The van der Waals surface area contributed by atoms with Crippen LogP contribution in [-0.2, 0) is 6.54 Å². The Morgan fingerprint density at radius 3 is 2.94 bits per heavy atom. The second kappa shape index (κ2) is 4.81. The summed E-state index contributed by atoms with van der Waals surface area (Å²) in [7, 11) is 0. The molecule has 0 spiro atoms. The predicted molar refractivity (Wildman–Crippen MR) is 62.7 cm³/mol. The standard InChI is InChI=1S/C11H8BrN3O/c12-11-5-9(2-1-8(11)6-13)14-7-10-3-4-16-15-10/h1-5,14H,7H2. The van der Waals surface area contributed by atoms with Crippen molar-refractivity contribution in [2.75, 3.05) is 5.32 Å². The van der Waals surface area contributed by atoms with Crippen molar-refractivity contribution in [3.8, 4) is 6.07 Å². The van der Waals surface area contributed by atoms with E-state index in [4.69, 9.17) is 9.78 Å². The minimum Gasteiger partial charge on any atom is -0.379 e. The molecule has 0 bridgehead atoms. The first-order valence-corrected chi connectivity index (χ1v) is 5.41. The fourth-order valence-corrected chi connectivity index (χ4v) is 1.70. The predicted octanol–water partition coefficient (Wildman–Crippen LogP) is 2.92. The number of hydrogen-bond donors (Lipinski definition) is 1. The number of hydrogen-bond acceptors (Lipinski definition) is 4. The largest absolute Gasteiger partial charge is 0.379 e. The Hall–Kier alpha value is -1.80.